The predicted molar refractivity (Wildman–Crippen MR) is 77.4 cm³/mol. The van der Waals surface area contributed by atoms with Crippen LogP contribution >= 0.6 is 0 Å². The first kappa shape index (κ1) is 15.7. The third-order valence-electron chi connectivity index (χ3n) is 4.55. The molecule has 1 aliphatic heterocycles. The highest BCUT2D eigenvalue weighted by Gasteiger charge is 2.44. The van der Waals surface area contributed by atoms with Crippen LogP contribution in [0.5, 0.6) is 0 Å². The Morgan fingerprint density at radius 3 is 2.80 bits per heavy atom. The fourth-order valence-electron chi connectivity index (χ4n) is 2.88. The van der Waals surface area contributed by atoms with E-state index >= 15 is 0 Å². The van der Waals surface area contributed by atoms with Crippen LogP contribution in [0.25, 0.3) is 0 Å². The number of rotatable bonds is 6. The number of hydrogen-bond donors (Lipinski definition) is 2. The zero-order valence-corrected chi connectivity index (χ0v) is 12.5. The Bertz CT molecular complexity index is 318. The maximum Gasteiger partial charge on any atom is 0.229 e. The number of amides is 1. The first-order valence-corrected chi connectivity index (χ1v) is 7.86. The van der Waals surface area contributed by atoms with Crippen molar-refractivity contribution in [3.63, 3.8) is 0 Å². The Balaban J connectivity index is 1.57. The Labute approximate surface area is 121 Å². The van der Waals surface area contributed by atoms with Crippen LogP contribution in [-0.2, 0) is 14.3 Å². The van der Waals surface area contributed by atoms with Crippen molar-refractivity contribution in [2.24, 2.45) is 11.1 Å². The van der Waals surface area contributed by atoms with Crippen LogP contribution in [0.15, 0.2) is 0 Å². The Morgan fingerprint density at radius 1 is 1.40 bits per heavy atom. The number of nitrogens with two attached hydrogens (primary N) is 1. The molecule has 2 unspecified atom stereocenters. The predicted octanol–water partition coefficient (Wildman–Crippen LogP) is 1.21. The van der Waals surface area contributed by atoms with E-state index < -0.39 is 5.41 Å². The second-order valence-electron chi connectivity index (χ2n) is 6.28. The Hall–Kier alpha value is -0.650. The second kappa shape index (κ2) is 7.38. The lowest BCUT2D eigenvalue weighted by atomic mass is 9.85. The molecule has 2 fully saturated rings. The molecule has 1 saturated heterocycles. The molecule has 5 nitrogen and oxygen atoms in total. The van der Waals surface area contributed by atoms with Crippen LogP contribution in [0.4, 0.5) is 0 Å². The molecule has 1 saturated carbocycles. The summed E-state index contributed by atoms with van der Waals surface area (Å²) in [5, 5.41) is 2.95. The molecular weight excluding hydrogens is 256 g/mol. The Morgan fingerprint density at radius 2 is 2.15 bits per heavy atom. The van der Waals surface area contributed by atoms with E-state index in [-0.39, 0.29) is 11.9 Å². The molecule has 1 aliphatic carbocycles. The van der Waals surface area contributed by atoms with Crippen molar-refractivity contribution in [3.05, 3.63) is 0 Å². The largest absolute Gasteiger partial charge is 0.379 e. The van der Waals surface area contributed by atoms with Crippen LogP contribution in [0.3, 0.4) is 0 Å². The van der Waals surface area contributed by atoms with Gasteiger partial charge in [-0.15, -0.1) is 0 Å². The minimum Gasteiger partial charge on any atom is -0.379 e. The second-order valence-corrected chi connectivity index (χ2v) is 6.28. The fourth-order valence-corrected chi connectivity index (χ4v) is 2.88. The summed E-state index contributed by atoms with van der Waals surface area (Å²) in [6, 6.07) is -0.207. The average molecular weight is 284 g/mol. The average Bonchev–Trinajstić information content (AvgIpc) is 2.80. The van der Waals surface area contributed by atoms with Gasteiger partial charge in [0.15, 0.2) is 0 Å². The van der Waals surface area contributed by atoms with E-state index in [1.807, 2.05) is 6.92 Å². The minimum absolute atomic E-state index is 0.000154. The summed E-state index contributed by atoms with van der Waals surface area (Å²) in [6.45, 7) is 4.13. The fraction of sp³-hybridized carbons (Fsp3) is 0.933. The van der Waals surface area contributed by atoms with Gasteiger partial charge in [-0.25, -0.2) is 0 Å². The normalized spacial score (nSPS) is 31.4. The number of carbonyl (C=O) groups excluding carboxylic acids is 1. The molecule has 1 amide bonds. The zero-order chi connectivity index (χ0) is 14.4. The molecule has 2 rings (SSSR count). The molecule has 0 aromatic rings. The summed E-state index contributed by atoms with van der Waals surface area (Å²) in [5.74, 6) is 0.000154. The number of carbonyl (C=O) groups is 1. The van der Waals surface area contributed by atoms with E-state index in [9.17, 15) is 4.79 Å². The van der Waals surface area contributed by atoms with Gasteiger partial charge in [-0.1, -0.05) is 19.3 Å². The van der Waals surface area contributed by atoms with E-state index in [2.05, 4.69) is 5.32 Å². The first-order valence-electron chi connectivity index (χ1n) is 7.86. The zero-order valence-electron chi connectivity index (χ0n) is 12.5. The van der Waals surface area contributed by atoms with Gasteiger partial charge in [-0.3, -0.25) is 4.79 Å². The number of ether oxygens (including phenoxy) is 2. The molecule has 20 heavy (non-hydrogen) atoms. The van der Waals surface area contributed by atoms with Gasteiger partial charge in [-0.05, 0) is 26.2 Å². The van der Waals surface area contributed by atoms with E-state index in [1.165, 1.54) is 32.1 Å². The molecule has 0 aromatic carbocycles. The molecule has 0 bridgehead atoms. The quantitative estimate of drug-likeness (QED) is 0.719. The highest BCUT2D eigenvalue weighted by Crippen LogP contribution is 2.27. The summed E-state index contributed by atoms with van der Waals surface area (Å²) >= 11 is 0. The van der Waals surface area contributed by atoms with Crippen LogP contribution in [0.2, 0.25) is 0 Å². The van der Waals surface area contributed by atoms with E-state index in [0.29, 0.717) is 25.9 Å². The molecule has 116 valence electrons. The van der Waals surface area contributed by atoms with Crippen molar-refractivity contribution in [1.29, 1.82) is 0 Å². The molecular formula is C15H28N2O3. The highest BCUT2D eigenvalue weighted by molar-refractivity contribution is 5.83. The molecule has 1 heterocycles. The maximum atomic E-state index is 12.1. The van der Waals surface area contributed by atoms with E-state index in [1.54, 1.807) is 0 Å². The summed E-state index contributed by atoms with van der Waals surface area (Å²) in [5.41, 5.74) is 5.35. The monoisotopic (exact) mass is 284 g/mol. The first-order chi connectivity index (χ1) is 9.63. The van der Waals surface area contributed by atoms with Gasteiger partial charge >= 0.3 is 0 Å². The van der Waals surface area contributed by atoms with Crippen molar-refractivity contribution >= 4 is 5.91 Å². The molecule has 0 radical (unpaired) electrons. The van der Waals surface area contributed by atoms with Crippen molar-refractivity contribution in [3.8, 4) is 0 Å². The molecule has 2 atom stereocenters. The lowest BCUT2D eigenvalue weighted by Crippen LogP contribution is -2.50. The SMILES string of the molecule is CC1(C(=O)NCCCOC2CCCCC2)COCC1N. The summed E-state index contributed by atoms with van der Waals surface area (Å²) in [6.07, 6.45) is 7.60. The summed E-state index contributed by atoms with van der Waals surface area (Å²) in [7, 11) is 0. The minimum atomic E-state index is -0.579. The van der Waals surface area contributed by atoms with Gasteiger partial charge in [0.1, 0.15) is 0 Å². The van der Waals surface area contributed by atoms with Crippen molar-refractivity contribution in [2.75, 3.05) is 26.4 Å². The maximum absolute atomic E-state index is 12.1. The lowest BCUT2D eigenvalue weighted by Gasteiger charge is -2.25. The van der Waals surface area contributed by atoms with E-state index in [4.69, 9.17) is 15.2 Å². The third-order valence-corrected chi connectivity index (χ3v) is 4.55. The van der Waals surface area contributed by atoms with Crippen LogP contribution in [-0.4, -0.2) is 44.4 Å². The van der Waals surface area contributed by atoms with Gasteiger partial charge in [0.2, 0.25) is 5.91 Å². The van der Waals surface area contributed by atoms with Crippen LogP contribution in [0, 0.1) is 5.41 Å². The van der Waals surface area contributed by atoms with Crippen LogP contribution in [0.1, 0.15) is 45.4 Å². The van der Waals surface area contributed by atoms with Gasteiger partial charge in [-0.2, -0.15) is 0 Å². The lowest BCUT2D eigenvalue weighted by molar-refractivity contribution is -0.130. The van der Waals surface area contributed by atoms with Gasteiger partial charge in [0.05, 0.1) is 24.7 Å². The van der Waals surface area contributed by atoms with Crippen molar-refractivity contribution in [1.82, 2.24) is 5.32 Å². The Kier molecular flexibility index (Phi) is 5.81. The number of hydrogen-bond acceptors (Lipinski definition) is 4. The third kappa shape index (κ3) is 3.93. The van der Waals surface area contributed by atoms with Gasteiger partial charge in [0, 0.05) is 19.2 Å². The summed E-state index contributed by atoms with van der Waals surface area (Å²) < 4.78 is 11.1. The van der Waals surface area contributed by atoms with E-state index in [0.717, 1.165) is 13.0 Å². The molecule has 0 spiro atoms. The van der Waals surface area contributed by atoms with Gasteiger partial charge < -0.3 is 20.5 Å². The number of nitrogens with one attached hydrogen (secondary N) is 1. The topological polar surface area (TPSA) is 73.6 Å². The standard InChI is InChI=1S/C15H28N2O3/c1-15(11-19-10-13(15)16)14(18)17-8-5-9-20-12-6-3-2-4-7-12/h12-13H,2-11,16H2,1H3,(H,17,18). The highest BCUT2D eigenvalue weighted by atomic mass is 16.5. The van der Waals surface area contributed by atoms with Crippen LogP contribution < -0.4 is 11.1 Å². The smallest absolute Gasteiger partial charge is 0.229 e. The molecule has 2 aliphatic rings. The van der Waals surface area contributed by atoms with Gasteiger partial charge in [0.25, 0.3) is 0 Å². The molecule has 5 heteroatoms. The summed E-state index contributed by atoms with van der Waals surface area (Å²) in [4.78, 5) is 12.1. The van der Waals surface area contributed by atoms with Crippen molar-refractivity contribution < 1.29 is 14.3 Å². The molecule has 3 N–H and O–H groups in total. The van der Waals surface area contributed by atoms with Crippen molar-refractivity contribution in [2.45, 2.75) is 57.6 Å². The molecule has 0 aromatic heterocycles.